The molecule has 0 atom stereocenters. The highest BCUT2D eigenvalue weighted by molar-refractivity contribution is 9.10. The van der Waals surface area contributed by atoms with Crippen molar-refractivity contribution in [2.24, 2.45) is 0 Å². The molecule has 0 radical (unpaired) electrons. The summed E-state index contributed by atoms with van der Waals surface area (Å²) in [7, 11) is 3.24. The Morgan fingerprint density at radius 1 is 1.30 bits per heavy atom. The minimum Gasteiger partial charge on any atom is -0.459 e. The first kappa shape index (κ1) is 15.8. The van der Waals surface area contributed by atoms with E-state index in [0.29, 0.717) is 11.6 Å². The van der Waals surface area contributed by atoms with Crippen LogP contribution in [0, 0.1) is 0 Å². The lowest BCUT2D eigenvalue weighted by Gasteiger charge is -2.13. The third-order valence-corrected chi connectivity index (χ3v) is 3.71. The largest absolute Gasteiger partial charge is 0.459 e. The quantitative estimate of drug-likeness (QED) is 0.604. The van der Waals surface area contributed by atoms with Crippen LogP contribution in [0.2, 0.25) is 5.02 Å². The maximum Gasteiger partial charge on any atom is 0.169 e. The van der Waals surface area contributed by atoms with Crippen molar-refractivity contribution in [3.63, 3.8) is 0 Å². The van der Waals surface area contributed by atoms with Crippen LogP contribution in [-0.4, -0.2) is 33.6 Å². The molecule has 2 rings (SSSR count). The monoisotopic (exact) mass is 361 g/mol. The average molecular weight is 363 g/mol. The van der Waals surface area contributed by atoms with Gasteiger partial charge in [-0.25, -0.2) is 0 Å². The van der Waals surface area contributed by atoms with Gasteiger partial charge in [-0.15, -0.1) is 0 Å². The SMILES string of the molecule is COC(CNCCc1cc2cc(Br)cc(Cl)c2o1)OC. The molecule has 110 valence electrons. The molecule has 20 heavy (non-hydrogen) atoms. The Bertz CT molecular complexity index is 569. The summed E-state index contributed by atoms with van der Waals surface area (Å²) in [6, 6.07) is 5.84. The first-order valence-electron chi connectivity index (χ1n) is 6.28. The van der Waals surface area contributed by atoms with Gasteiger partial charge in [0.1, 0.15) is 5.76 Å². The molecule has 6 heteroatoms. The van der Waals surface area contributed by atoms with Crippen LogP contribution in [0.5, 0.6) is 0 Å². The van der Waals surface area contributed by atoms with E-state index in [1.165, 1.54) is 0 Å². The zero-order valence-electron chi connectivity index (χ0n) is 11.4. The highest BCUT2D eigenvalue weighted by Gasteiger charge is 2.09. The molecule has 0 amide bonds. The molecule has 2 aromatic rings. The number of benzene rings is 1. The second-order valence-electron chi connectivity index (χ2n) is 4.37. The van der Waals surface area contributed by atoms with Gasteiger partial charge in [0.25, 0.3) is 0 Å². The van der Waals surface area contributed by atoms with Gasteiger partial charge in [-0.05, 0) is 18.2 Å². The smallest absolute Gasteiger partial charge is 0.169 e. The summed E-state index contributed by atoms with van der Waals surface area (Å²) in [5, 5.41) is 4.88. The van der Waals surface area contributed by atoms with Crippen LogP contribution in [0.15, 0.2) is 27.1 Å². The molecular weight excluding hydrogens is 346 g/mol. The lowest BCUT2D eigenvalue weighted by molar-refractivity contribution is -0.0986. The molecule has 0 fully saturated rings. The van der Waals surface area contributed by atoms with E-state index >= 15 is 0 Å². The summed E-state index contributed by atoms with van der Waals surface area (Å²) in [5.74, 6) is 0.902. The minimum atomic E-state index is -0.226. The number of halogens is 2. The molecule has 4 nitrogen and oxygen atoms in total. The van der Waals surface area contributed by atoms with Crippen molar-refractivity contribution >= 4 is 38.5 Å². The molecule has 0 unspecified atom stereocenters. The topological polar surface area (TPSA) is 43.6 Å². The van der Waals surface area contributed by atoms with Crippen LogP contribution in [0.4, 0.5) is 0 Å². The van der Waals surface area contributed by atoms with Crippen LogP contribution in [-0.2, 0) is 15.9 Å². The molecule has 0 bridgehead atoms. The van der Waals surface area contributed by atoms with Crippen LogP contribution < -0.4 is 5.32 Å². The van der Waals surface area contributed by atoms with E-state index in [-0.39, 0.29) is 6.29 Å². The maximum atomic E-state index is 6.14. The predicted octanol–water partition coefficient (Wildman–Crippen LogP) is 3.60. The van der Waals surface area contributed by atoms with Gasteiger partial charge in [0.05, 0.1) is 5.02 Å². The summed E-state index contributed by atoms with van der Waals surface area (Å²) in [5.41, 5.74) is 0.733. The van der Waals surface area contributed by atoms with Crippen LogP contribution in [0.1, 0.15) is 5.76 Å². The fourth-order valence-corrected chi connectivity index (χ4v) is 2.82. The molecule has 0 aliphatic heterocycles. The Hall–Kier alpha value is -0.590. The number of hydrogen-bond donors (Lipinski definition) is 1. The van der Waals surface area contributed by atoms with Crippen LogP contribution in [0.3, 0.4) is 0 Å². The Kier molecular flexibility index (Phi) is 5.86. The molecule has 1 heterocycles. The molecule has 0 aliphatic carbocycles. The number of fused-ring (bicyclic) bond motifs is 1. The Morgan fingerprint density at radius 3 is 2.75 bits per heavy atom. The maximum absolute atomic E-state index is 6.14. The summed E-state index contributed by atoms with van der Waals surface area (Å²) in [6.07, 6.45) is 0.555. The summed E-state index contributed by atoms with van der Waals surface area (Å²) in [4.78, 5) is 0. The molecule has 0 aliphatic rings. The number of ether oxygens (including phenoxy) is 2. The standard InChI is InChI=1S/C14H17BrClNO3/c1-18-13(19-2)8-17-4-3-11-6-9-5-10(15)7-12(16)14(9)20-11/h5-7,13,17H,3-4,8H2,1-2H3. The van der Waals surface area contributed by atoms with Crippen LogP contribution in [0.25, 0.3) is 11.0 Å². The second-order valence-corrected chi connectivity index (χ2v) is 5.70. The van der Waals surface area contributed by atoms with Gasteiger partial charge in [-0.2, -0.15) is 0 Å². The van der Waals surface area contributed by atoms with Gasteiger partial charge in [0.2, 0.25) is 0 Å². The molecule has 1 N–H and O–H groups in total. The Morgan fingerprint density at radius 2 is 2.05 bits per heavy atom. The van der Waals surface area contributed by atoms with Crippen molar-refractivity contribution < 1.29 is 13.9 Å². The van der Waals surface area contributed by atoms with Crippen molar-refractivity contribution in [3.05, 3.63) is 33.5 Å². The van der Waals surface area contributed by atoms with Gasteiger partial charge >= 0.3 is 0 Å². The highest BCUT2D eigenvalue weighted by atomic mass is 79.9. The predicted molar refractivity (Wildman–Crippen MR) is 83.3 cm³/mol. The van der Waals surface area contributed by atoms with Crippen molar-refractivity contribution in [2.75, 3.05) is 27.3 Å². The van der Waals surface area contributed by atoms with Gasteiger partial charge in [-0.1, -0.05) is 27.5 Å². The van der Waals surface area contributed by atoms with E-state index in [4.69, 9.17) is 25.5 Å². The molecule has 0 saturated heterocycles. The fraction of sp³-hybridized carbons (Fsp3) is 0.429. The van der Waals surface area contributed by atoms with E-state index in [1.807, 2.05) is 18.2 Å². The number of furan rings is 1. The summed E-state index contributed by atoms with van der Waals surface area (Å²) in [6.45, 7) is 1.42. The van der Waals surface area contributed by atoms with E-state index < -0.39 is 0 Å². The van der Waals surface area contributed by atoms with Crippen molar-refractivity contribution in [1.29, 1.82) is 0 Å². The van der Waals surface area contributed by atoms with Crippen molar-refractivity contribution in [2.45, 2.75) is 12.7 Å². The van der Waals surface area contributed by atoms with Gasteiger partial charge in [0, 0.05) is 43.6 Å². The zero-order valence-corrected chi connectivity index (χ0v) is 13.8. The summed E-state index contributed by atoms with van der Waals surface area (Å²) < 4.78 is 16.9. The Labute approximate surface area is 131 Å². The molecule has 0 saturated carbocycles. The average Bonchev–Trinajstić information content (AvgIpc) is 2.82. The van der Waals surface area contributed by atoms with Crippen LogP contribution >= 0.6 is 27.5 Å². The van der Waals surface area contributed by atoms with E-state index in [0.717, 1.165) is 34.2 Å². The normalized spacial score (nSPS) is 11.7. The third kappa shape index (κ3) is 3.96. The van der Waals surface area contributed by atoms with E-state index in [1.54, 1.807) is 14.2 Å². The first-order chi connectivity index (χ1) is 9.63. The lowest BCUT2D eigenvalue weighted by Crippen LogP contribution is -2.30. The van der Waals surface area contributed by atoms with Crippen molar-refractivity contribution in [1.82, 2.24) is 5.32 Å². The van der Waals surface area contributed by atoms with Gasteiger partial charge < -0.3 is 19.2 Å². The molecular formula is C14H17BrClNO3. The first-order valence-corrected chi connectivity index (χ1v) is 7.45. The van der Waals surface area contributed by atoms with E-state index in [9.17, 15) is 0 Å². The Balaban J connectivity index is 1.92. The molecule has 0 spiro atoms. The summed E-state index contributed by atoms with van der Waals surface area (Å²) >= 11 is 9.57. The second kappa shape index (κ2) is 7.43. The number of rotatable bonds is 7. The van der Waals surface area contributed by atoms with Crippen molar-refractivity contribution in [3.8, 4) is 0 Å². The van der Waals surface area contributed by atoms with E-state index in [2.05, 4.69) is 21.2 Å². The van der Waals surface area contributed by atoms with Gasteiger partial charge in [0.15, 0.2) is 11.9 Å². The third-order valence-electron chi connectivity index (χ3n) is 2.97. The minimum absolute atomic E-state index is 0.226. The highest BCUT2D eigenvalue weighted by Crippen LogP contribution is 2.30. The lowest BCUT2D eigenvalue weighted by atomic mass is 10.2. The number of nitrogens with one attached hydrogen (secondary N) is 1. The number of hydrogen-bond acceptors (Lipinski definition) is 4. The van der Waals surface area contributed by atoms with Gasteiger partial charge in [-0.3, -0.25) is 0 Å². The molecule has 1 aromatic carbocycles. The molecule has 1 aromatic heterocycles. The number of methoxy groups -OCH3 is 2. The fourth-order valence-electron chi connectivity index (χ4n) is 1.95. The zero-order chi connectivity index (χ0) is 14.5.